The van der Waals surface area contributed by atoms with Gasteiger partial charge in [-0.05, 0) is 74.6 Å². The molecule has 0 aliphatic carbocycles. The average Bonchev–Trinajstić information content (AvgIpc) is 2.52. The van der Waals surface area contributed by atoms with E-state index in [1.165, 1.54) is 0 Å². The second kappa shape index (κ2) is 9.74. The SMILES string of the molecule is B.CCOc1ccc(NC(=S)Nc2ccc(OCC)cc2)cc1. The number of hydrogen-bond acceptors (Lipinski definition) is 3. The molecule has 0 saturated carbocycles. The molecule has 23 heavy (non-hydrogen) atoms. The third-order valence-corrected chi connectivity index (χ3v) is 3.05. The van der Waals surface area contributed by atoms with E-state index in [1.54, 1.807) is 0 Å². The van der Waals surface area contributed by atoms with E-state index in [0.717, 1.165) is 22.9 Å². The fourth-order valence-electron chi connectivity index (χ4n) is 1.90. The summed E-state index contributed by atoms with van der Waals surface area (Å²) < 4.78 is 10.8. The summed E-state index contributed by atoms with van der Waals surface area (Å²) in [4.78, 5) is 0. The minimum atomic E-state index is 0. The minimum Gasteiger partial charge on any atom is -0.494 e. The number of benzene rings is 2. The molecule has 6 heteroatoms. The average molecular weight is 330 g/mol. The molecule has 0 bridgehead atoms. The van der Waals surface area contributed by atoms with Crippen molar-refractivity contribution in [2.45, 2.75) is 13.8 Å². The fourth-order valence-corrected chi connectivity index (χ4v) is 2.13. The molecule has 0 spiro atoms. The highest BCUT2D eigenvalue weighted by molar-refractivity contribution is 7.80. The van der Waals surface area contributed by atoms with Crippen LogP contribution in [0.2, 0.25) is 0 Å². The zero-order valence-corrected chi connectivity index (χ0v) is 13.6. The Morgan fingerprint density at radius 2 is 1.13 bits per heavy atom. The summed E-state index contributed by atoms with van der Waals surface area (Å²) in [5.41, 5.74) is 1.82. The van der Waals surface area contributed by atoms with Gasteiger partial charge in [0, 0.05) is 11.4 Å². The quantitative estimate of drug-likeness (QED) is 0.629. The molecule has 0 atom stereocenters. The first-order valence-electron chi connectivity index (χ1n) is 7.25. The van der Waals surface area contributed by atoms with Gasteiger partial charge in [-0.15, -0.1) is 0 Å². The van der Waals surface area contributed by atoms with Crippen molar-refractivity contribution in [3.8, 4) is 11.5 Å². The Balaban J connectivity index is 0.00000264. The molecule has 2 N–H and O–H groups in total. The van der Waals surface area contributed by atoms with Crippen molar-refractivity contribution in [1.82, 2.24) is 0 Å². The molecule has 4 nitrogen and oxygen atoms in total. The van der Waals surface area contributed by atoms with Gasteiger partial charge in [-0.3, -0.25) is 0 Å². The maximum Gasteiger partial charge on any atom is 0.175 e. The van der Waals surface area contributed by atoms with Gasteiger partial charge < -0.3 is 20.1 Å². The Hall–Kier alpha value is -2.21. The lowest BCUT2D eigenvalue weighted by Gasteiger charge is -2.12. The van der Waals surface area contributed by atoms with Gasteiger partial charge in [0.15, 0.2) is 5.11 Å². The van der Waals surface area contributed by atoms with Crippen LogP contribution < -0.4 is 20.1 Å². The topological polar surface area (TPSA) is 42.5 Å². The van der Waals surface area contributed by atoms with E-state index in [-0.39, 0.29) is 8.41 Å². The Morgan fingerprint density at radius 3 is 1.43 bits per heavy atom. The van der Waals surface area contributed by atoms with Crippen molar-refractivity contribution in [3.63, 3.8) is 0 Å². The van der Waals surface area contributed by atoms with Crippen LogP contribution in [-0.4, -0.2) is 26.7 Å². The highest BCUT2D eigenvalue weighted by atomic mass is 32.1. The van der Waals surface area contributed by atoms with E-state index in [0.29, 0.717) is 18.3 Å². The Morgan fingerprint density at radius 1 is 0.783 bits per heavy atom. The van der Waals surface area contributed by atoms with Gasteiger partial charge in [-0.25, -0.2) is 0 Å². The van der Waals surface area contributed by atoms with E-state index < -0.39 is 0 Å². The van der Waals surface area contributed by atoms with Gasteiger partial charge in [0.05, 0.1) is 21.6 Å². The predicted molar refractivity (Wildman–Crippen MR) is 105 cm³/mol. The van der Waals surface area contributed by atoms with Crippen LogP contribution in [0.15, 0.2) is 48.5 Å². The van der Waals surface area contributed by atoms with Crippen LogP contribution in [0, 0.1) is 0 Å². The second-order valence-electron chi connectivity index (χ2n) is 4.49. The van der Waals surface area contributed by atoms with Crippen molar-refractivity contribution >= 4 is 37.1 Å². The van der Waals surface area contributed by atoms with Crippen LogP contribution in [-0.2, 0) is 0 Å². The third kappa shape index (κ3) is 6.20. The molecule has 0 saturated heterocycles. The molecule has 0 amide bonds. The van der Waals surface area contributed by atoms with Crippen LogP contribution in [0.25, 0.3) is 0 Å². The van der Waals surface area contributed by atoms with Crippen molar-refractivity contribution in [3.05, 3.63) is 48.5 Å². The summed E-state index contributed by atoms with van der Waals surface area (Å²) in [6.45, 7) is 5.24. The second-order valence-corrected chi connectivity index (χ2v) is 4.90. The summed E-state index contributed by atoms with van der Waals surface area (Å²) in [6, 6.07) is 15.3. The first-order chi connectivity index (χ1) is 10.7. The van der Waals surface area contributed by atoms with Crippen LogP contribution in [0.1, 0.15) is 13.8 Å². The van der Waals surface area contributed by atoms with Gasteiger partial charge in [0.2, 0.25) is 0 Å². The summed E-state index contributed by atoms with van der Waals surface area (Å²) in [6.07, 6.45) is 0. The first kappa shape index (κ1) is 18.8. The molecule has 0 heterocycles. The summed E-state index contributed by atoms with van der Waals surface area (Å²) in [5.74, 6) is 1.69. The molecule has 2 aromatic rings. The standard InChI is InChI=1S/C17H20N2O2S.BH3/c1-3-20-15-9-5-13(6-10-15)18-17(22)19-14-7-11-16(12-8-14)21-4-2;/h5-12H,3-4H2,1-2H3,(H2,18,19,22);1H3. The highest BCUT2D eigenvalue weighted by Gasteiger charge is 2.00. The molecular formula is C17H23BN2O2S. The molecule has 122 valence electrons. The molecule has 0 radical (unpaired) electrons. The Kier molecular flexibility index (Phi) is 7.98. The zero-order chi connectivity index (χ0) is 15.8. The molecule has 2 rings (SSSR count). The molecule has 0 aliphatic heterocycles. The van der Waals surface area contributed by atoms with E-state index in [9.17, 15) is 0 Å². The van der Waals surface area contributed by atoms with Crippen LogP contribution in [0.5, 0.6) is 11.5 Å². The summed E-state index contributed by atoms with van der Waals surface area (Å²) in [5, 5.41) is 6.80. The molecular weight excluding hydrogens is 307 g/mol. The number of nitrogens with one attached hydrogen (secondary N) is 2. The van der Waals surface area contributed by atoms with Gasteiger partial charge in [0.25, 0.3) is 0 Å². The van der Waals surface area contributed by atoms with Crippen molar-refractivity contribution in [2.24, 2.45) is 0 Å². The van der Waals surface area contributed by atoms with Crippen molar-refractivity contribution < 1.29 is 9.47 Å². The predicted octanol–water partition coefficient (Wildman–Crippen LogP) is 3.11. The van der Waals surface area contributed by atoms with E-state index in [4.69, 9.17) is 21.7 Å². The maximum absolute atomic E-state index is 5.40. The Bertz CT molecular complexity index is 549. The molecule has 0 aromatic heterocycles. The smallest absolute Gasteiger partial charge is 0.175 e. The highest BCUT2D eigenvalue weighted by Crippen LogP contribution is 2.18. The zero-order valence-electron chi connectivity index (χ0n) is 12.8. The summed E-state index contributed by atoms with van der Waals surface area (Å²) in [7, 11) is 0. The van der Waals surface area contributed by atoms with Crippen LogP contribution in [0.3, 0.4) is 0 Å². The lowest BCUT2D eigenvalue weighted by molar-refractivity contribution is 0.340. The molecule has 0 fully saturated rings. The largest absolute Gasteiger partial charge is 0.494 e. The maximum atomic E-state index is 5.40. The normalized spacial score (nSPS) is 9.48. The number of thiocarbonyl (C=S) groups is 1. The van der Waals surface area contributed by atoms with E-state index >= 15 is 0 Å². The fraction of sp³-hybridized carbons (Fsp3) is 0.235. The number of anilines is 2. The van der Waals surface area contributed by atoms with Gasteiger partial charge in [0.1, 0.15) is 11.5 Å². The number of hydrogen-bond donors (Lipinski definition) is 2. The van der Waals surface area contributed by atoms with Crippen LogP contribution >= 0.6 is 12.2 Å². The van der Waals surface area contributed by atoms with Crippen molar-refractivity contribution in [1.29, 1.82) is 0 Å². The molecule has 0 aliphatic rings. The third-order valence-electron chi connectivity index (χ3n) is 2.85. The van der Waals surface area contributed by atoms with E-state index in [2.05, 4.69) is 10.6 Å². The number of ether oxygens (including phenoxy) is 2. The Labute approximate surface area is 144 Å². The lowest BCUT2D eigenvalue weighted by Crippen LogP contribution is -2.18. The van der Waals surface area contributed by atoms with Crippen molar-refractivity contribution in [2.75, 3.05) is 23.8 Å². The monoisotopic (exact) mass is 330 g/mol. The number of rotatable bonds is 6. The lowest BCUT2D eigenvalue weighted by atomic mass is 10.3. The first-order valence-corrected chi connectivity index (χ1v) is 7.65. The van der Waals surface area contributed by atoms with Gasteiger partial charge in [-0.2, -0.15) is 0 Å². The van der Waals surface area contributed by atoms with E-state index in [1.807, 2.05) is 62.4 Å². The minimum absolute atomic E-state index is 0. The molecule has 0 unspecified atom stereocenters. The summed E-state index contributed by atoms with van der Waals surface area (Å²) >= 11 is 5.30. The molecule has 2 aromatic carbocycles. The van der Waals surface area contributed by atoms with Gasteiger partial charge in [-0.1, -0.05) is 0 Å². The van der Waals surface area contributed by atoms with Crippen LogP contribution in [0.4, 0.5) is 11.4 Å². The van der Waals surface area contributed by atoms with Gasteiger partial charge >= 0.3 is 0 Å².